The molecule has 0 aliphatic heterocycles. The fraction of sp³-hybridized carbons (Fsp3) is 0.737. The maximum Gasteiger partial charge on any atom is 0.140 e. The third-order valence-corrected chi connectivity index (χ3v) is 9.32. The maximum absolute atomic E-state index is 11.6. The van der Waals surface area contributed by atoms with Gasteiger partial charge in [0.2, 0.25) is 0 Å². The van der Waals surface area contributed by atoms with Gasteiger partial charge in [-0.1, -0.05) is 95.5 Å². The Morgan fingerprint density at radius 2 is 1.02 bits per heavy atom. The van der Waals surface area contributed by atoms with Crippen molar-refractivity contribution in [3.05, 3.63) is 35.9 Å². The third kappa shape index (κ3) is 14.9. The average molecular weight is 581 g/mol. The fourth-order valence-electron chi connectivity index (χ4n) is 6.66. The first-order valence-corrected chi connectivity index (χ1v) is 17.6. The predicted octanol–water partition coefficient (Wildman–Crippen LogP) is 10.3. The summed E-state index contributed by atoms with van der Waals surface area (Å²) >= 11 is 0. The largest absolute Gasteiger partial charge is 0.300 e. The van der Waals surface area contributed by atoms with Gasteiger partial charge in [-0.15, -0.1) is 0 Å². The lowest BCUT2D eigenvalue weighted by molar-refractivity contribution is -0.125. The van der Waals surface area contributed by atoms with E-state index in [0.29, 0.717) is 35.0 Å². The highest BCUT2D eigenvalue weighted by Crippen LogP contribution is 2.29. The SMILES string of the molecule is CCCC1CCCCC1=O.CCCCC1CCCCC1=O.O=C1CCCCC1c1ccccc1.O=C1CCCCCC1. The molecule has 0 radical (unpaired) electrons. The van der Waals surface area contributed by atoms with Gasteiger partial charge < -0.3 is 0 Å². The second-order valence-corrected chi connectivity index (χ2v) is 12.9. The summed E-state index contributed by atoms with van der Waals surface area (Å²) in [7, 11) is 0. The third-order valence-electron chi connectivity index (χ3n) is 9.32. The second kappa shape index (κ2) is 22.4. The first kappa shape index (κ1) is 36.1. The molecule has 0 aromatic heterocycles. The minimum Gasteiger partial charge on any atom is -0.300 e. The summed E-state index contributed by atoms with van der Waals surface area (Å²) in [6.45, 7) is 4.34. The van der Waals surface area contributed by atoms with Gasteiger partial charge in [0.05, 0.1) is 0 Å². The highest BCUT2D eigenvalue weighted by Gasteiger charge is 2.23. The van der Waals surface area contributed by atoms with Crippen LogP contribution in [-0.4, -0.2) is 23.1 Å². The molecule has 5 rings (SSSR count). The van der Waals surface area contributed by atoms with Crippen molar-refractivity contribution in [2.75, 3.05) is 0 Å². The van der Waals surface area contributed by atoms with Crippen molar-refractivity contribution in [2.45, 2.75) is 167 Å². The number of Topliss-reactive ketones (excluding diaryl/α,β-unsaturated/α-hetero) is 4. The van der Waals surface area contributed by atoms with Crippen molar-refractivity contribution in [1.82, 2.24) is 0 Å². The molecule has 3 atom stereocenters. The summed E-state index contributed by atoms with van der Waals surface area (Å²) < 4.78 is 0. The van der Waals surface area contributed by atoms with Gasteiger partial charge >= 0.3 is 0 Å². The Morgan fingerprint density at radius 3 is 1.52 bits per heavy atom. The lowest BCUT2D eigenvalue weighted by atomic mass is 9.83. The van der Waals surface area contributed by atoms with E-state index in [9.17, 15) is 19.2 Å². The highest BCUT2D eigenvalue weighted by atomic mass is 16.1. The van der Waals surface area contributed by atoms with Crippen molar-refractivity contribution in [1.29, 1.82) is 0 Å². The molecule has 236 valence electrons. The van der Waals surface area contributed by atoms with E-state index < -0.39 is 0 Å². The Morgan fingerprint density at radius 1 is 0.524 bits per heavy atom. The summed E-state index contributed by atoms with van der Waals surface area (Å²) in [6, 6.07) is 10.1. The van der Waals surface area contributed by atoms with Crippen LogP contribution in [0.1, 0.15) is 173 Å². The minimum atomic E-state index is 0.190. The molecule has 4 heteroatoms. The number of carbonyl (C=O) groups excluding carboxylic acids is 4. The monoisotopic (exact) mass is 580 g/mol. The summed E-state index contributed by atoms with van der Waals surface area (Å²) in [6.07, 6.45) is 25.4. The van der Waals surface area contributed by atoms with Crippen molar-refractivity contribution in [2.24, 2.45) is 11.8 Å². The Balaban J connectivity index is 0.000000199. The first-order valence-electron chi connectivity index (χ1n) is 17.6. The summed E-state index contributed by atoms with van der Waals surface area (Å²) in [5.74, 6) is 3.01. The molecule has 4 aliphatic rings. The van der Waals surface area contributed by atoms with Gasteiger partial charge in [-0.3, -0.25) is 19.2 Å². The fourth-order valence-corrected chi connectivity index (χ4v) is 6.66. The van der Waals surface area contributed by atoms with Crippen LogP contribution in [0.2, 0.25) is 0 Å². The molecule has 0 heterocycles. The van der Waals surface area contributed by atoms with Crippen LogP contribution in [0, 0.1) is 11.8 Å². The maximum atomic E-state index is 11.6. The van der Waals surface area contributed by atoms with Gasteiger partial charge in [0.25, 0.3) is 0 Å². The number of unbranched alkanes of at least 4 members (excludes halogenated alkanes) is 1. The van der Waals surface area contributed by atoms with Gasteiger partial charge in [0.1, 0.15) is 23.1 Å². The first-order chi connectivity index (χ1) is 20.5. The van der Waals surface area contributed by atoms with E-state index in [0.717, 1.165) is 96.3 Å². The Hall–Kier alpha value is -2.10. The molecule has 0 bridgehead atoms. The van der Waals surface area contributed by atoms with Crippen LogP contribution in [0.15, 0.2) is 30.3 Å². The molecule has 4 nitrogen and oxygen atoms in total. The zero-order valence-corrected chi connectivity index (χ0v) is 27.0. The number of rotatable bonds is 6. The standard InChI is InChI=1S/C12H14O.C10H18O.C9H16O.C7H12O/c13-12-9-5-4-8-11(12)10-6-2-1-3-7-10;1-2-3-6-9-7-4-5-8-10(9)11;1-2-5-8-6-3-4-7-9(8)10;8-7-5-3-1-2-4-6-7/h1-3,6-7,11H,4-5,8-9H2;9H,2-8H2,1H3;8H,2-7H2,1H3;1-6H2. The summed E-state index contributed by atoms with van der Waals surface area (Å²) in [4.78, 5) is 44.8. The van der Waals surface area contributed by atoms with Gasteiger partial charge in [-0.2, -0.15) is 0 Å². The van der Waals surface area contributed by atoms with E-state index in [4.69, 9.17) is 0 Å². The van der Waals surface area contributed by atoms with Crippen LogP contribution in [-0.2, 0) is 19.2 Å². The second-order valence-electron chi connectivity index (χ2n) is 12.9. The van der Waals surface area contributed by atoms with E-state index in [1.807, 2.05) is 18.2 Å². The zero-order chi connectivity index (χ0) is 30.4. The van der Waals surface area contributed by atoms with E-state index in [1.165, 1.54) is 56.9 Å². The van der Waals surface area contributed by atoms with Crippen LogP contribution >= 0.6 is 0 Å². The number of hydrogen-bond acceptors (Lipinski definition) is 4. The van der Waals surface area contributed by atoms with Gasteiger partial charge in [0, 0.05) is 49.9 Å². The smallest absolute Gasteiger partial charge is 0.140 e. The quantitative estimate of drug-likeness (QED) is 0.314. The normalized spacial score (nSPS) is 24.6. The molecule has 0 spiro atoms. The van der Waals surface area contributed by atoms with Crippen molar-refractivity contribution >= 4 is 23.1 Å². The molecular weight excluding hydrogens is 520 g/mol. The lowest BCUT2D eigenvalue weighted by Crippen LogP contribution is -2.18. The molecule has 4 aliphatic carbocycles. The molecule has 42 heavy (non-hydrogen) atoms. The van der Waals surface area contributed by atoms with Crippen LogP contribution in [0.25, 0.3) is 0 Å². The van der Waals surface area contributed by atoms with Crippen LogP contribution in [0.3, 0.4) is 0 Å². The van der Waals surface area contributed by atoms with Crippen molar-refractivity contribution in [3.63, 3.8) is 0 Å². The van der Waals surface area contributed by atoms with Gasteiger partial charge in [-0.05, 0) is 69.8 Å². The lowest BCUT2D eigenvalue weighted by Gasteiger charge is -2.20. The van der Waals surface area contributed by atoms with Crippen LogP contribution in [0.4, 0.5) is 0 Å². The Labute approximate surface area is 257 Å². The minimum absolute atomic E-state index is 0.190. The molecular formula is C38H60O4. The zero-order valence-electron chi connectivity index (χ0n) is 27.0. The Kier molecular flexibility index (Phi) is 19.3. The van der Waals surface area contributed by atoms with E-state index in [1.54, 1.807) is 0 Å². The summed E-state index contributed by atoms with van der Waals surface area (Å²) in [5, 5.41) is 0. The topological polar surface area (TPSA) is 68.3 Å². The molecule has 0 N–H and O–H groups in total. The number of carbonyl (C=O) groups is 4. The van der Waals surface area contributed by atoms with Gasteiger partial charge in [-0.25, -0.2) is 0 Å². The van der Waals surface area contributed by atoms with Crippen molar-refractivity contribution < 1.29 is 19.2 Å². The molecule has 4 saturated carbocycles. The predicted molar refractivity (Wildman–Crippen MR) is 174 cm³/mol. The number of ketones is 4. The Bertz CT molecular complexity index is 893. The molecule has 3 unspecified atom stereocenters. The molecule has 4 fully saturated rings. The van der Waals surface area contributed by atoms with E-state index in [-0.39, 0.29) is 5.92 Å². The number of benzene rings is 1. The highest BCUT2D eigenvalue weighted by molar-refractivity contribution is 5.86. The van der Waals surface area contributed by atoms with E-state index in [2.05, 4.69) is 26.0 Å². The van der Waals surface area contributed by atoms with Gasteiger partial charge in [0.15, 0.2) is 0 Å². The number of hydrogen-bond donors (Lipinski definition) is 0. The molecule has 0 saturated heterocycles. The average Bonchev–Trinajstić information content (AvgIpc) is 3.27. The molecule has 1 aromatic rings. The van der Waals surface area contributed by atoms with Crippen LogP contribution < -0.4 is 0 Å². The van der Waals surface area contributed by atoms with Crippen molar-refractivity contribution in [3.8, 4) is 0 Å². The van der Waals surface area contributed by atoms with Crippen LogP contribution in [0.5, 0.6) is 0 Å². The molecule has 1 aromatic carbocycles. The van der Waals surface area contributed by atoms with E-state index >= 15 is 0 Å². The molecule has 0 amide bonds. The summed E-state index contributed by atoms with van der Waals surface area (Å²) in [5.41, 5.74) is 1.20.